The fraction of sp³-hybridized carbons (Fsp3) is 0.952. The van der Waals surface area contributed by atoms with Gasteiger partial charge in [0, 0.05) is 0 Å². The molecule has 4 fully saturated rings. The average Bonchev–Trinajstić information content (AvgIpc) is 2.91. The zero-order chi connectivity index (χ0) is 20.5. The van der Waals surface area contributed by atoms with Crippen molar-refractivity contribution < 1.29 is 56.9 Å². The molecule has 0 aromatic heterocycles. The second-order valence-electron chi connectivity index (χ2n) is 10.5. The summed E-state index contributed by atoms with van der Waals surface area (Å²) in [6.45, 7) is 6.62. The van der Waals surface area contributed by atoms with E-state index >= 15 is 0 Å². The number of aliphatic hydroxyl groups is 2. The van der Waals surface area contributed by atoms with E-state index < -0.39 is 16.2 Å². The van der Waals surface area contributed by atoms with E-state index in [0.717, 1.165) is 32.1 Å². The van der Waals surface area contributed by atoms with Gasteiger partial charge in [0.15, 0.2) is 5.79 Å². The molecule has 0 spiro atoms. The van der Waals surface area contributed by atoms with E-state index in [9.17, 15) is 18.6 Å². The number of aliphatic hydroxyl groups excluding tert-OH is 1. The van der Waals surface area contributed by atoms with Crippen molar-refractivity contribution in [3.05, 3.63) is 5.92 Å². The van der Waals surface area contributed by atoms with Crippen LogP contribution >= 0.6 is 0 Å². The Morgan fingerprint density at radius 3 is 2.38 bits per heavy atom. The summed E-state index contributed by atoms with van der Waals surface area (Å²) in [6.07, 6.45) is 7.31. The molecule has 8 atom stereocenters. The van der Waals surface area contributed by atoms with Crippen molar-refractivity contribution in [2.45, 2.75) is 90.4 Å². The second-order valence-corrected chi connectivity index (χ2v) is 11.6. The average molecular weight is 439 g/mol. The predicted molar refractivity (Wildman–Crippen MR) is 104 cm³/mol. The predicted octanol–water partition coefficient (Wildman–Crippen LogP) is 0.496. The van der Waals surface area contributed by atoms with Crippen LogP contribution in [-0.4, -0.2) is 35.1 Å². The van der Waals surface area contributed by atoms with Crippen molar-refractivity contribution in [3.63, 3.8) is 0 Å². The van der Waals surface area contributed by atoms with Gasteiger partial charge in [-0.1, -0.05) is 39.0 Å². The first-order valence-electron chi connectivity index (χ1n) is 10.8. The fourth-order valence-corrected chi connectivity index (χ4v) is 8.53. The minimum atomic E-state index is -4.68. The van der Waals surface area contributed by atoms with Gasteiger partial charge in [0.2, 0.25) is 0 Å². The maximum atomic E-state index is 11.2. The molecule has 29 heavy (non-hydrogen) atoms. The fourth-order valence-electron chi connectivity index (χ4n) is 8.00. The Morgan fingerprint density at radius 2 is 1.76 bits per heavy atom. The number of hydrogen-bond donors (Lipinski definition) is 3. The van der Waals surface area contributed by atoms with Gasteiger partial charge < -0.3 is 16.1 Å². The Balaban J connectivity index is 0.00000240. The summed E-state index contributed by atoms with van der Waals surface area (Å²) in [5.74, 6) is 1.57. The number of rotatable bonds is 3. The molecular weight excluding hydrogens is 403 g/mol. The van der Waals surface area contributed by atoms with E-state index in [1.165, 1.54) is 12.3 Å². The molecule has 0 radical (unpaired) electrons. The largest absolute Gasteiger partial charge is 1.00 e. The molecule has 0 bridgehead atoms. The maximum Gasteiger partial charge on any atom is 1.00 e. The van der Waals surface area contributed by atoms with Gasteiger partial charge in [0.25, 0.3) is 0 Å². The zero-order valence-electron chi connectivity index (χ0n) is 18.2. The van der Waals surface area contributed by atoms with Crippen molar-refractivity contribution in [2.24, 2.45) is 34.5 Å². The van der Waals surface area contributed by atoms with E-state index in [1.807, 2.05) is 6.92 Å². The van der Waals surface area contributed by atoms with Crippen molar-refractivity contribution >= 4 is 10.4 Å². The Morgan fingerprint density at radius 1 is 1.07 bits per heavy atom. The summed E-state index contributed by atoms with van der Waals surface area (Å²) in [4.78, 5) is 0. The standard InChI is InChI=1S/C21H35O6S.Na/c1-13(22)16-6-7-17-15-5-4-14-12-21(23,27-28(24,25)26)11-10-19(14,2)18(15)8-9-20(16,17)3;/h13,15-18,22-23H,4-12H2,1-3H3,(H,24,25,26);/q-1;+1/t13-,15-,16+,17-,18-,19-,20+,21+;/m0./s1. The summed E-state index contributed by atoms with van der Waals surface area (Å²) < 4.78 is 36.0. The monoisotopic (exact) mass is 438 g/mol. The molecule has 6 nitrogen and oxygen atoms in total. The van der Waals surface area contributed by atoms with Crippen LogP contribution in [0.3, 0.4) is 0 Å². The summed E-state index contributed by atoms with van der Waals surface area (Å²) in [5, 5.41) is 21.0. The molecule has 0 aromatic carbocycles. The van der Waals surface area contributed by atoms with Crippen LogP contribution < -0.4 is 29.6 Å². The molecule has 4 aliphatic carbocycles. The molecule has 4 aliphatic rings. The van der Waals surface area contributed by atoms with Crippen LogP contribution in [0, 0.1) is 40.4 Å². The van der Waals surface area contributed by atoms with Gasteiger partial charge in [-0.05, 0) is 55.8 Å². The SMILES string of the molecule is C[C@H](O)[C@H]1CC[C@H]2[C@@H]3CC[C-]4C[C@](O)(OS(=O)(=O)O)CC[C@]4(C)[C@H]3CC[C@]12C.[Na+]. The third-order valence-corrected chi connectivity index (χ3v) is 9.80. The summed E-state index contributed by atoms with van der Waals surface area (Å²) in [6, 6.07) is 0. The van der Waals surface area contributed by atoms with Gasteiger partial charge in [-0.15, -0.1) is 6.42 Å². The normalized spacial score (nSPS) is 48.8. The quantitative estimate of drug-likeness (QED) is 0.257. The molecular formula is C21H35NaO6S. The van der Waals surface area contributed by atoms with Crippen LogP contribution in [0.4, 0.5) is 0 Å². The van der Waals surface area contributed by atoms with Crippen LogP contribution in [0.15, 0.2) is 0 Å². The summed E-state index contributed by atoms with van der Waals surface area (Å²) >= 11 is 0. The van der Waals surface area contributed by atoms with Gasteiger partial charge >= 0.3 is 40.0 Å². The molecule has 162 valence electrons. The number of fused-ring (bicyclic) bond motifs is 5. The molecule has 4 saturated carbocycles. The number of hydrogen-bond acceptors (Lipinski definition) is 5. The molecule has 3 N–H and O–H groups in total. The molecule has 0 aromatic rings. The first kappa shape index (κ1) is 24.4. The molecule has 8 heteroatoms. The van der Waals surface area contributed by atoms with Gasteiger partial charge in [-0.3, -0.25) is 4.55 Å². The molecule has 0 heterocycles. The Hall–Kier alpha value is 0.790. The Labute approximate surface area is 197 Å². The maximum absolute atomic E-state index is 11.2. The minimum absolute atomic E-state index is 0. The van der Waals surface area contributed by atoms with Gasteiger partial charge in [-0.2, -0.15) is 20.3 Å². The van der Waals surface area contributed by atoms with Crippen molar-refractivity contribution in [2.75, 3.05) is 0 Å². The summed E-state index contributed by atoms with van der Waals surface area (Å²) in [5.41, 5.74) is 0.203. The zero-order valence-corrected chi connectivity index (χ0v) is 21.0. The van der Waals surface area contributed by atoms with Crippen molar-refractivity contribution in [1.82, 2.24) is 0 Å². The van der Waals surface area contributed by atoms with E-state index in [-0.39, 0.29) is 59.3 Å². The summed E-state index contributed by atoms with van der Waals surface area (Å²) in [7, 11) is -4.68. The molecule has 0 amide bonds. The Kier molecular flexibility index (Phi) is 6.72. The van der Waals surface area contributed by atoms with Crippen LogP contribution in [0.25, 0.3) is 0 Å². The van der Waals surface area contributed by atoms with E-state index in [1.54, 1.807) is 0 Å². The second kappa shape index (κ2) is 7.98. The Bertz CT molecular complexity index is 729. The third kappa shape index (κ3) is 4.12. The van der Waals surface area contributed by atoms with Gasteiger partial charge in [0.05, 0.1) is 6.10 Å². The smallest absolute Gasteiger partial charge is 0.393 e. The first-order chi connectivity index (χ1) is 12.9. The van der Waals surface area contributed by atoms with Gasteiger partial charge in [-0.25, -0.2) is 4.18 Å². The third-order valence-electron chi connectivity index (χ3n) is 9.28. The molecule has 0 aliphatic heterocycles. The molecule has 0 unspecified atom stereocenters. The van der Waals surface area contributed by atoms with Crippen LogP contribution in [0.1, 0.15) is 78.6 Å². The first-order valence-corrected chi connectivity index (χ1v) is 12.2. The van der Waals surface area contributed by atoms with E-state index in [0.29, 0.717) is 30.1 Å². The van der Waals surface area contributed by atoms with Crippen LogP contribution in [-0.2, 0) is 14.6 Å². The minimum Gasteiger partial charge on any atom is -0.393 e. The topological polar surface area (TPSA) is 104 Å². The van der Waals surface area contributed by atoms with Crippen molar-refractivity contribution in [3.8, 4) is 0 Å². The van der Waals surface area contributed by atoms with Crippen molar-refractivity contribution in [1.29, 1.82) is 0 Å². The van der Waals surface area contributed by atoms with E-state index in [4.69, 9.17) is 4.55 Å². The van der Waals surface area contributed by atoms with E-state index in [2.05, 4.69) is 18.0 Å². The van der Waals surface area contributed by atoms with Crippen LogP contribution in [0.5, 0.6) is 0 Å². The molecule has 4 rings (SSSR count). The van der Waals surface area contributed by atoms with Gasteiger partial charge in [0.1, 0.15) is 0 Å². The van der Waals surface area contributed by atoms with Crippen LogP contribution in [0.2, 0.25) is 0 Å². The molecule has 0 saturated heterocycles.